The number of nitrogens with one attached hydrogen (secondary N) is 1. The van der Waals surface area contributed by atoms with E-state index in [1.807, 2.05) is 6.92 Å². The first-order valence-electron chi connectivity index (χ1n) is 5.96. The number of carbonyl (C=O) groups is 2. The second-order valence-electron chi connectivity index (χ2n) is 3.94. The third kappa shape index (κ3) is 4.20. The Morgan fingerprint density at radius 2 is 2.29 bits per heavy atom. The Kier molecular flexibility index (Phi) is 6.36. The minimum atomic E-state index is -0.484. The van der Waals surface area contributed by atoms with Crippen LogP contribution in [0.2, 0.25) is 0 Å². The SMILES string of the molecule is CCCNC(=O)C1COCCN1C(=O)CCS. The normalized spacial score (nSPS) is 20.1. The molecule has 0 bridgehead atoms. The van der Waals surface area contributed by atoms with Crippen molar-refractivity contribution in [2.75, 3.05) is 32.1 Å². The van der Waals surface area contributed by atoms with Crippen molar-refractivity contribution in [1.82, 2.24) is 10.2 Å². The predicted octanol–water partition coefficient (Wildman–Crippen LogP) is 0.0599. The highest BCUT2D eigenvalue weighted by Crippen LogP contribution is 2.09. The fourth-order valence-corrected chi connectivity index (χ4v) is 1.92. The van der Waals surface area contributed by atoms with Crippen LogP contribution in [0.1, 0.15) is 19.8 Å². The van der Waals surface area contributed by atoms with Gasteiger partial charge >= 0.3 is 0 Å². The second kappa shape index (κ2) is 7.55. The molecule has 5 nitrogen and oxygen atoms in total. The molecule has 0 spiro atoms. The summed E-state index contributed by atoms with van der Waals surface area (Å²) in [6, 6.07) is -0.484. The van der Waals surface area contributed by atoms with Gasteiger partial charge in [-0.2, -0.15) is 12.6 Å². The van der Waals surface area contributed by atoms with Crippen LogP contribution in [-0.2, 0) is 14.3 Å². The van der Waals surface area contributed by atoms with Crippen LogP contribution in [0.4, 0.5) is 0 Å². The molecule has 98 valence electrons. The summed E-state index contributed by atoms with van der Waals surface area (Å²) < 4.78 is 5.27. The minimum absolute atomic E-state index is 0.0278. The molecule has 1 saturated heterocycles. The van der Waals surface area contributed by atoms with E-state index in [4.69, 9.17) is 4.74 Å². The number of rotatable bonds is 5. The van der Waals surface area contributed by atoms with Crippen molar-refractivity contribution < 1.29 is 14.3 Å². The zero-order valence-electron chi connectivity index (χ0n) is 10.1. The second-order valence-corrected chi connectivity index (χ2v) is 4.39. The van der Waals surface area contributed by atoms with Gasteiger partial charge < -0.3 is 15.0 Å². The molecule has 17 heavy (non-hydrogen) atoms. The molecule has 6 heteroatoms. The molecular formula is C11H20N2O3S. The highest BCUT2D eigenvalue weighted by molar-refractivity contribution is 7.80. The van der Waals surface area contributed by atoms with Gasteiger partial charge in [-0.15, -0.1) is 0 Å². The molecule has 0 aromatic rings. The summed E-state index contributed by atoms with van der Waals surface area (Å²) in [5.74, 6) is 0.346. The molecule has 0 aromatic carbocycles. The number of morpholine rings is 1. The van der Waals surface area contributed by atoms with Crippen LogP contribution in [0.15, 0.2) is 0 Å². The molecule has 0 saturated carbocycles. The summed E-state index contributed by atoms with van der Waals surface area (Å²) in [4.78, 5) is 25.3. The molecule has 1 aliphatic rings. The molecule has 0 aromatic heterocycles. The van der Waals surface area contributed by atoms with E-state index in [2.05, 4.69) is 17.9 Å². The summed E-state index contributed by atoms with van der Waals surface area (Å²) in [6.45, 7) is 3.88. The lowest BCUT2D eigenvalue weighted by Crippen LogP contribution is -2.56. The molecule has 1 unspecified atom stereocenters. The van der Waals surface area contributed by atoms with Gasteiger partial charge in [0.15, 0.2) is 0 Å². The largest absolute Gasteiger partial charge is 0.377 e. The van der Waals surface area contributed by atoms with E-state index in [1.165, 1.54) is 0 Å². The van der Waals surface area contributed by atoms with Crippen molar-refractivity contribution in [1.29, 1.82) is 0 Å². The van der Waals surface area contributed by atoms with Gasteiger partial charge in [0.05, 0.1) is 13.2 Å². The van der Waals surface area contributed by atoms with Gasteiger partial charge in [-0.3, -0.25) is 9.59 Å². The summed E-state index contributed by atoms with van der Waals surface area (Å²) in [5.41, 5.74) is 0. The molecule has 2 amide bonds. The van der Waals surface area contributed by atoms with Crippen molar-refractivity contribution in [3.05, 3.63) is 0 Å². The minimum Gasteiger partial charge on any atom is -0.377 e. The van der Waals surface area contributed by atoms with Crippen molar-refractivity contribution in [2.45, 2.75) is 25.8 Å². The summed E-state index contributed by atoms with van der Waals surface area (Å²) in [5, 5.41) is 2.80. The van der Waals surface area contributed by atoms with Crippen LogP contribution < -0.4 is 5.32 Å². The Morgan fingerprint density at radius 3 is 2.94 bits per heavy atom. The summed E-state index contributed by atoms with van der Waals surface area (Å²) >= 11 is 4.04. The molecule has 0 aliphatic carbocycles. The number of nitrogens with zero attached hydrogens (tertiary/aromatic N) is 1. The fraction of sp³-hybridized carbons (Fsp3) is 0.818. The van der Waals surface area contributed by atoms with Crippen LogP contribution in [0, 0.1) is 0 Å². The van der Waals surface area contributed by atoms with E-state index >= 15 is 0 Å². The third-order valence-electron chi connectivity index (χ3n) is 2.63. The Hall–Kier alpha value is -0.750. The van der Waals surface area contributed by atoms with Gasteiger partial charge in [-0.25, -0.2) is 0 Å². The summed E-state index contributed by atoms with van der Waals surface area (Å²) in [6.07, 6.45) is 1.24. The van der Waals surface area contributed by atoms with E-state index in [0.29, 0.717) is 31.9 Å². The van der Waals surface area contributed by atoms with Gasteiger partial charge in [0.25, 0.3) is 0 Å². The zero-order valence-corrected chi connectivity index (χ0v) is 11.0. The number of ether oxygens (including phenoxy) is 1. The molecule has 0 radical (unpaired) electrons. The molecule has 1 atom stereocenters. The lowest BCUT2D eigenvalue weighted by Gasteiger charge is -2.34. The number of hydrogen-bond donors (Lipinski definition) is 2. The number of thiol groups is 1. The first-order valence-corrected chi connectivity index (χ1v) is 6.59. The Labute approximate surface area is 107 Å². The van der Waals surface area contributed by atoms with Crippen LogP contribution in [0.25, 0.3) is 0 Å². The lowest BCUT2D eigenvalue weighted by atomic mass is 10.2. The van der Waals surface area contributed by atoms with Gasteiger partial charge in [0.1, 0.15) is 6.04 Å². The number of hydrogen-bond acceptors (Lipinski definition) is 4. The van der Waals surface area contributed by atoms with Gasteiger partial charge in [-0.05, 0) is 12.2 Å². The smallest absolute Gasteiger partial charge is 0.245 e. The molecule has 1 heterocycles. The van der Waals surface area contributed by atoms with Gasteiger partial charge in [0, 0.05) is 19.5 Å². The molecule has 1 fully saturated rings. The lowest BCUT2D eigenvalue weighted by molar-refractivity contribution is -0.148. The molecule has 1 N–H and O–H groups in total. The predicted molar refractivity (Wildman–Crippen MR) is 68.1 cm³/mol. The molecule has 1 rings (SSSR count). The number of carbonyl (C=O) groups excluding carboxylic acids is 2. The first kappa shape index (κ1) is 14.3. The van der Waals surface area contributed by atoms with E-state index in [0.717, 1.165) is 6.42 Å². The van der Waals surface area contributed by atoms with Gasteiger partial charge in [-0.1, -0.05) is 6.92 Å². The maximum absolute atomic E-state index is 11.9. The summed E-state index contributed by atoms with van der Waals surface area (Å²) in [7, 11) is 0. The van der Waals surface area contributed by atoms with E-state index in [1.54, 1.807) is 4.90 Å². The average Bonchev–Trinajstić information content (AvgIpc) is 2.36. The Morgan fingerprint density at radius 1 is 1.53 bits per heavy atom. The highest BCUT2D eigenvalue weighted by Gasteiger charge is 2.31. The van der Waals surface area contributed by atoms with Gasteiger partial charge in [0.2, 0.25) is 11.8 Å². The van der Waals surface area contributed by atoms with Crippen LogP contribution in [-0.4, -0.2) is 54.8 Å². The van der Waals surface area contributed by atoms with E-state index < -0.39 is 6.04 Å². The van der Waals surface area contributed by atoms with E-state index in [-0.39, 0.29) is 18.4 Å². The first-order chi connectivity index (χ1) is 8.20. The Bertz CT molecular complexity index is 273. The zero-order chi connectivity index (χ0) is 12.7. The standard InChI is InChI=1S/C11H20N2O3S/c1-2-4-12-11(15)9-8-16-6-5-13(9)10(14)3-7-17/h9,17H,2-8H2,1H3,(H,12,15). The maximum atomic E-state index is 11.9. The Balaban J connectivity index is 2.58. The van der Waals surface area contributed by atoms with Crippen molar-refractivity contribution in [3.8, 4) is 0 Å². The van der Waals surface area contributed by atoms with E-state index in [9.17, 15) is 9.59 Å². The molecule has 1 aliphatic heterocycles. The fourth-order valence-electron chi connectivity index (χ4n) is 1.72. The monoisotopic (exact) mass is 260 g/mol. The maximum Gasteiger partial charge on any atom is 0.245 e. The molecular weight excluding hydrogens is 240 g/mol. The highest BCUT2D eigenvalue weighted by atomic mass is 32.1. The van der Waals surface area contributed by atoms with Crippen molar-refractivity contribution in [3.63, 3.8) is 0 Å². The van der Waals surface area contributed by atoms with Crippen LogP contribution in [0.3, 0.4) is 0 Å². The van der Waals surface area contributed by atoms with Crippen LogP contribution >= 0.6 is 12.6 Å². The third-order valence-corrected chi connectivity index (χ3v) is 2.85. The average molecular weight is 260 g/mol. The topological polar surface area (TPSA) is 58.6 Å². The number of amides is 2. The van der Waals surface area contributed by atoms with Crippen molar-refractivity contribution >= 4 is 24.4 Å². The van der Waals surface area contributed by atoms with Crippen molar-refractivity contribution in [2.24, 2.45) is 0 Å². The quantitative estimate of drug-likeness (QED) is 0.687. The van der Waals surface area contributed by atoms with Crippen LogP contribution in [0.5, 0.6) is 0 Å².